The van der Waals surface area contributed by atoms with Crippen molar-refractivity contribution in [3.63, 3.8) is 0 Å². The maximum Gasteiger partial charge on any atom is 0.337 e. The molecule has 0 saturated heterocycles. The van der Waals surface area contributed by atoms with Gasteiger partial charge in [-0.05, 0) is 32.1 Å². The number of carboxylic acid groups (broad SMARTS) is 1. The minimum absolute atomic E-state index is 0.164. The first-order valence-corrected chi connectivity index (χ1v) is 8.73. The standard InChI is InChI=1S/C20H23ClN4O2/c1-5-13(2)10-19(25(3)4)24-18-11-17(15(21)12-22-18)23-16-9-7-6-8-14(16)20(26)27/h5-12H,1-4H3,(H,26,27)(H2,22,23,24)/b13-5-,19-10-. The van der Waals surface area contributed by atoms with Gasteiger partial charge in [-0.2, -0.15) is 0 Å². The van der Waals surface area contributed by atoms with E-state index in [1.54, 1.807) is 24.3 Å². The van der Waals surface area contributed by atoms with E-state index in [4.69, 9.17) is 11.6 Å². The summed E-state index contributed by atoms with van der Waals surface area (Å²) in [6.45, 7) is 3.98. The van der Waals surface area contributed by atoms with Crippen molar-refractivity contribution in [3.8, 4) is 0 Å². The first kappa shape index (κ1) is 20.3. The molecule has 0 unspecified atom stereocenters. The van der Waals surface area contributed by atoms with Crippen molar-refractivity contribution in [2.75, 3.05) is 24.7 Å². The number of para-hydroxylation sites is 1. The number of anilines is 3. The van der Waals surface area contributed by atoms with Crippen LogP contribution in [0, 0.1) is 0 Å². The fraction of sp³-hybridized carbons (Fsp3) is 0.200. The molecule has 2 aromatic rings. The summed E-state index contributed by atoms with van der Waals surface area (Å²) in [6.07, 6.45) is 5.53. The molecule has 0 aliphatic carbocycles. The van der Waals surface area contributed by atoms with Gasteiger partial charge in [0.25, 0.3) is 0 Å². The molecular weight excluding hydrogens is 364 g/mol. The molecule has 142 valence electrons. The Balaban J connectivity index is 2.34. The van der Waals surface area contributed by atoms with Gasteiger partial charge in [-0.3, -0.25) is 0 Å². The van der Waals surface area contributed by atoms with E-state index in [-0.39, 0.29) is 5.56 Å². The van der Waals surface area contributed by atoms with Gasteiger partial charge in [-0.1, -0.05) is 35.4 Å². The highest BCUT2D eigenvalue weighted by molar-refractivity contribution is 6.33. The molecule has 0 aliphatic rings. The summed E-state index contributed by atoms with van der Waals surface area (Å²) in [5.41, 5.74) is 2.28. The Morgan fingerprint density at radius 2 is 1.96 bits per heavy atom. The van der Waals surface area contributed by atoms with Crippen LogP contribution in [0.2, 0.25) is 5.02 Å². The second-order valence-corrected chi connectivity index (χ2v) is 6.51. The Morgan fingerprint density at radius 3 is 2.59 bits per heavy atom. The number of hydrogen-bond acceptors (Lipinski definition) is 5. The molecule has 0 atom stereocenters. The summed E-state index contributed by atoms with van der Waals surface area (Å²) >= 11 is 6.25. The number of benzene rings is 1. The van der Waals surface area contributed by atoms with Gasteiger partial charge in [0.15, 0.2) is 0 Å². The number of allylic oxidation sites excluding steroid dienone is 3. The highest BCUT2D eigenvalue weighted by Gasteiger charge is 2.12. The second kappa shape index (κ2) is 9.09. The van der Waals surface area contributed by atoms with Gasteiger partial charge in [0.2, 0.25) is 0 Å². The van der Waals surface area contributed by atoms with E-state index < -0.39 is 5.97 Å². The number of nitrogens with zero attached hydrogens (tertiary/aromatic N) is 2. The number of rotatable bonds is 7. The van der Waals surface area contributed by atoms with Crippen LogP contribution in [0.15, 0.2) is 60.1 Å². The van der Waals surface area contributed by atoms with Crippen LogP contribution in [0.5, 0.6) is 0 Å². The Labute approximate surface area is 164 Å². The summed E-state index contributed by atoms with van der Waals surface area (Å²) in [6, 6.07) is 8.39. The lowest BCUT2D eigenvalue weighted by Crippen LogP contribution is -2.19. The topological polar surface area (TPSA) is 77.5 Å². The molecule has 1 aromatic heterocycles. The third-order valence-electron chi connectivity index (χ3n) is 3.84. The predicted molar refractivity (Wildman–Crippen MR) is 111 cm³/mol. The largest absolute Gasteiger partial charge is 0.478 e. The third kappa shape index (κ3) is 5.49. The van der Waals surface area contributed by atoms with Crippen molar-refractivity contribution >= 4 is 34.8 Å². The monoisotopic (exact) mass is 386 g/mol. The zero-order valence-electron chi connectivity index (χ0n) is 15.7. The fourth-order valence-electron chi connectivity index (χ4n) is 2.23. The maximum absolute atomic E-state index is 11.4. The molecule has 7 heteroatoms. The van der Waals surface area contributed by atoms with E-state index in [1.807, 2.05) is 45.0 Å². The van der Waals surface area contributed by atoms with Crippen molar-refractivity contribution in [1.82, 2.24) is 9.88 Å². The molecule has 0 radical (unpaired) electrons. The van der Waals surface area contributed by atoms with E-state index in [9.17, 15) is 9.90 Å². The molecule has 1 heterocycles. The van der Waals surface area contributed by atoms with Crippen molar-refractivity contribution in [2.45, 2.75) is 13.8 Å². The molecule has 1 aromatic carbocycles. The van der Waals surface area contributed by atoms with Crippen LogP contribution in [-0.4, -0.2) is 35.1 Å². The number of halogens is 1. The van der Waals surface area contributed by atoms with E-state index in [1.165, 1.54) is 12.3 Å². The minimum atomic E-state index is -1.01. The van der Waals surface area contributed by atoms with Gasteiger partial charge in [0, 0.05) is 20.2 Å². The van der Waals surface area contributed by atoms with E-state index in [2.05, 4.69) is 15.6 Å². The first-order valence-electron chi connectivity index (χ1n) is 8.35. The first-order chi connectivity index (χ1) is 12.8. The Kier molecular flexibility index (Phi) is 6.85. The normalized spacial score (nSPS) is 11.9. The van der Waals surface area contributed by atoms with E-state index >= 15 is 0 Å². The van der Waals surface area contributed by atoms with E-state index in [0.717, 1.165) is 11.4 Å². The second-order valence-electron chi connectivity index (χ2n) is 6.11. The van der Waals surface area contributed by atoms with Crippen molar-refractivity contribution in [3.05, 3.63) is 70.7 Å². The summed E-state index contributed by atoms with van der Waals surface area (Å²) < 4.78 is 0. The number of aromatic carboxylic acids is 1. The molecule has 0 bridgehead atoms. The summed E-state index contributed by atoms with van der Waals surface area (Å²) in [7, 11) is 3.86. The summed E-state index contributed by atoms with van der Waals surface area (Å²) in [5, 5.41) is 16.1. The molecule has 0 spiro atoms. The molecule has 0 fully saturated rings. The molecule has 6 nitrogen and oxygen atoms in total. The summed E-state index contributed by atoms with van der Waals surface area (Å²) in [5.74, 6) is 0.428. The van der Waals surface area contributed by atoms with Crippen molar-refractivity contribution < 1.29 is 9.90 Å². The lowest BCUT2D eigenvalue weighted by atomic mass is 10.1. The Hall–Kier alpha value is -2.99. The maximum atomic E-state index is 11.4. The molecule has 0 saturated carbocycles. The number of nitrogens with one attached hydrogen (secondary N) is 2. The zero-order chi connectivity index (χ0) is 20.0. The van der Waals surface area contributed by atoms with Crippen LogP contribution >= 0.6 is 11.6 Å². The van der Waals surface area contributed by atoms with Crippen LogP contribution in [0.1, 0.15) is 24.2 Å². The SMILES string of the molecule is C/C=C(C)\C=C(\Nc1cc(Nc2ccccc2C(=O)O)c(Cl)cn1)N(C)C. The average Bonchev–Trinajstić information content (AvgIpc) is 2.63. The van der Waals surface area contributed by atoms with Gasteiger partial charge < -0.3 is 20.6 Å². The van der Waals surface area contributed by atoms with E-state index in [0.29, 0.717) is 22.2 Å². The third-order valence-corrected chi connectivity index (χ3v) is 4.14. The molecular formula is C20H23ClN4O2. The van der Waals surface area contributed by atoms with Crippen molar-refractivity contribution in [1.29, 1.82) is 0 Å². The van der Waals surface area contributed by atoms with Gasteiger partial charge in [-0.15, -0.1) is 0 Å². The lowest BCUT2D eigenvalue weighted by molar-refractivity contribution is 0.0698. The van der Waals surface area contributed by atoms with Crippen LogP contribution in [0.4, 0.5) is 17.2 Å². The quantitative estimate of drug-likeness (QED) is 0.584. The van der Waals surface area contributed by atoms with Gasteiger partial charge in [0.05, 0.1) is 28.2 Å². The smallest absolute Gasteiger partial charge is 0.337 e. The van der Waals surface area contributed by atoms with Crippen molar-refractivity contribution in [2.24, 2.45) is 0 Å². The predicted octanol–water partition coefficient (Wildman–Crippen LogP) is 4.96. The molecule has 0 amide bonds. The number of hydrogen-bond donors (Lipinski definition) is 3. The lowest BCUT2D eigenvalue weighted by Gasteiger charge is -2.20. The van der Waals surface area contributed by atoms with Crippen LogP contribution in [0.3, 0.4) is 0 Å². The van der Waals surface area contributed by atoms with Gasteiger partial charge in [-0.25, -0.2) is 9.78 Å². The average molecular weight is 387 g/mol. The number of aromatic nitrogens is 1. The van der Waals surface area contributed by atoms with Crippen LogP contribution < -0.4 is 10.6 Å². The number of carbonyl (C=O) groups is 1. The number of pyridine rings is 1. The fourth-order valence-corrected chi connectivity index (χ4v) is 2.38. The molecule has 0 aliphatic heterocycles. The molecule has 27 heavy (non-hydrogen) atoms. The van der Waals surface area contributed by atoms with Gasteiger partial charge >= 0.3 is 5.97 Å². The minimum Gasteiger partial charge on any atom is -0.478 e. The summed E-state index contributed by atoms with van der Waals surface area (Å²) in [4.78, 5) is 17.6. The van der Waals surface area contributed by atoms with Crippen LogP contribution in [-0.2, 0) is 0 Å². The Bertz CT molecular complexity index is 891. The molecule has 2 rings (SSSR count). The highest BCUT2D eigenvalue weighted by atomic mass is 35.5. The highest BCUT2D eigenvalue weighted by Crippen LogP contribution is 2.29. The molecule has 3 N–H and O–H groups in total. The Morgan fingerprint density at radius 1 is 1.26 bits per heavy atom. The van der Waals surface area contributed by atoms with Gasteiger partial charge in [0.1, 0.15) is 11.6 Å². The van der Waals surface area contributed by atoms with Crippen LogP contribution in [0.25, 0.3) is 0 Å². The zero-order valence-corrected chi connectivity index (χ0v) is 16.5. The number of carboxylic acids is 1.